The molecule has 0 fully saturated rings. The van der Waals surface area contributed by atoms with Crippen molar-refractivity contribution in [3.05, 3.63) is 0 Å². The lowest BCUT2D eigenvalue weighted by molar-refractivity contribution is -0.240. The maximum atomic E-state index is 10.1. The van der Waals surface area contributed by atoms with Crippen LogP contribution in [0.25, 0.3) is 0 Å². The molecule has 0 amide bonds. The summed E-state index contributed by atoms with van der Waals surface area (Å²) in [4.78, 5) is 0. The first kappa shape index (κ1) is 4.71. The van der Waals surface area contributed by atoms with Gasteiger partial charge in [0.15, 0.2) is 0 Å². The third-order valence-electron chi connectivity index (χ3n) is 0.0639. The average molecular weight is 86.0 g/mol. The Morgan fingerprint density at radius 1 is 1.40 bits per heavy atom. The number of hydrogen-bond donors (Lipinski definition) is 1. The van der Waals surface area contributed by atoms with Crippen molar-refractivity contribution >= 4 is 0 Å². The molecule has 0 aromatic rings. The number of rotatable bonds is 1. The first-order chi connectivity index (χ1) is 2.27. The van der Waals surface area contributed by atoms with Crippen molar-refractivity contribution in [2.45, 2.75) is 0 Å². The lowest BCUT2D eigenvalue weighted by atomic mass is 12.8. The Morgan fingerprint density at radius 3 is 1.60 bits per heavy atom. The zero-order chi connectivity index (χ0) is 4.28. The van der Waals surface area contributed by atoms with E-state index in [-0.39, 0.29) is 5.65 Å². The Labute approximate surface area is 26.0 Å². The molecule has 32 valence electrons. The smallest absolute Gasteiger partial charge is 0.116 e. The Balaban J connectivity index is 2.54. The van der Waals surface area contributed by atoms with Crippen LogP contribution in [0.3, 0.4) is 0 Å². The average Bonchev–Trinajstić information content (AvgIpc) is 1.38. The van der Waals surface area contributed by atoms with E-state index in [0.29, 0.717) is 0 Å². The maximum Gasteiger partial charge on any atom is 0.124 e. The number of nitrogens with one attached hydrogen (secondary N) is 1. The predicted molar refractivity (Wildman–Crippen MR) is 8.30 cm³/mol. The normalized spacial score (nSPS) is 9.60. The minimum Gasteiger partial charge on any atom is -0.116 e. The Bertz CT molecular complexity index is 18.9. The summed E-state index contributed by atoms with van der Waals surface area (Å²) in [6.07, 6.45) is 0. The molecular weight excluding hydrogens is 85.0 g/mol. The minimum absolute atomic E-state index is 0.0278. The summed E-state index contributed by atoms with van der Waals surface area (Å²) in [5.74, 6) is 0. The molecule has 1 N–H and O–H groups in total. The van der Waals surface area contributed by atoms with Crippen molar-refractivity contribution in [1.82, 2.24) is 11.1 Å². The van der Waals surface area contributed by atoms with E-state index in [4.69, 9.17) is 0 Å². The van der Waals surface area contributed by atoms with Gasteiger partial charge in [0.1, 0.15) is 5.45 Å². The third-order valence-corrected chi connectivity index (χ3v) is 0.0639. The summed E-state index contributed by atoms with van der Waals surface area (Å²) >= 11 is 0. The highest BCUT2D eigenvalue weighted by Gasteiger charge is 1.87. The summed E-state index contributed by atoms with van der Waals surface area (Å²) in [6, 6.07) is 0. The summed E-state index contributed by atoms with van der Waals surface area (Å²) in [5.41, 5.74) is -1.76. The summed E-state index contributed by atoms with van der Waals surface area (Å²) in [6.45, 7) is 0. The number of hydrogen-bond acceptors (Lipinski definition) is 2. The standard InChI is InChI=1S/F3HN2/c1-4-5(2)3/h4H. The fraction of sp³-hybridized carbons (Fsp3) is 0. The molecule has 0 rings (SSSR count). The van der Waals surface area contributed by atoms with Crippen molar-refractivity contribution in [2.75, 3.05) is 0 Å². The fourth-order valence-corrected chi connectivity index (χ4v) is 0. The van der Waals surface area contributed by atoms with Crippen LogP contribution in [0, 0.1) is 0 Å². The molecule has 2 nitrogen and oxygen atoms in total. The highest BCUT2D eigenvalue weighted by molar-refractivity contribution is 3.61. The quantitative estimate of drug-likeness (QED) is 0.368. The van der Waals surface area contributed by atoms with Crippen LogP contribution in [0.4, 0.5) is 13.4 Å². The zero-order valence-electron chi connectivity index (χ0n) is 2.08. The molecule has 0 aromatic carbocycles. The molecule has 0 aliphatic rings. The number of nitrogens with zero attached hydrogens (tertiary/aromatic N) is 1. The van der Waals surface area contributed by atoms with E-state index in [1.807, 2.05) is 0 Å². The van der Waals surface area contributed by atoms with Crippen molar-refractivity contribution in [1.29, 1.82) is 0 Å². The second-order valence-electron chi connectivity index (χ2n) is 0.317. The molecule has 0 saturated heterocycles. The largest absolute Gasteiger partial charge is 0.124 e. The molecule has 0 bridgehead atoms. The van der Waals surface area contributed by atoms with Crippen molar-refractivity contribution in [3.8, 4) is 0 Å². The SMILES string of the molecule is FNN(F)F. The summed E-state index contributed by atoms with van der Waals surface area (Å²) in [7, 11) is 0. The van der Waals surface area contributed by atoms with Crippen LogP contribution in [0.1, 0.15) is 0 Å². The van der Waals surface area contributed by atoms with Crippen LogP contribution in [-0.2, 0) is 0 Å². The highest BCUT2D eigenvalue weighted by Crippen LogP contribution is 1.76. The van der Waals surface area contributed by atoms with Crippen LogP contribution >= 0.6 is 0 Å². The minimum atomic E-state index is -1.79. The lowest BCUT2D eigenvalue weighted by Crippen LogP contribution is -2.11. The van der Waals surface area contributed by atoms with Gasteiger partial charge in [-0.15, -0.1) is 4.48 Å². The Kier molecular flexibility index (Phi) is 1.86. The van der Waals surface area contributed by atoms with Crippen molar-refractivity contribution < 1.29 is 13.4 Å². The van der Waals surface area contributed by atoms with E-state index in [1.165, 1.54) is 0 Å². The van der Waals surface area contributed by atoms with Gasteiger partial charge >= 0.3 is 0 Å². The van der Waals surface area contributed by atoms with Gasteiger partial charge in [-0.2, -0.15) is 0 Å². The second kappa shape index (κ2) is 1.98. The summed E-state index contributed by atoms with van der Waals surface area (Å²) in [5, 5.41) is 0. The first-order valence-corrected chi connectivity index (χ1v) is 0.751. The maximum absolute atomic E-state index is 10.1. The molecule has 0 heterocycles. The predicted octanol–water partition coefficient (Wildman–Crippen LogP) is 0.447. The molecule has 5 heteroatoms. The van der Waals surface area contributed by atoms with Crippen molar-refractivity contribution in [3.63, 3.8) is 0 Å². The van der Waals surface area contributed by atoms with E-state index in [0.717, 1.165) is 0 Å². The Hall–Kier alpha value is -0.290. The van der Waals surface area contributed by atoms with E-state index in [2.05, 4.69) is 0 Å². The van der Waals surface area contributed by atoms with Crippen LogP contribution in [0.2, 0.25) is 0 Å². The van der Waals surface area contributed by atoms with Gasteiger partial charge in [-0.3, -0.25) is 0 Å². The molecule has 0 aliphatic carbocycles. The fourth-order valence-electron chi connectivity index (χ4n) is 0. The molecule has 0 spiro atoms. The van der Waals surface area contributed by atoms with Gasteiger partial charge in [0.05, 0.1) is 0 Å². The van der Waals surface area contributed by atoms with E-state index in [9.17, 15) is 13.4 Å². The summed E-state index contributed by atoms with van der Waals surface area (Å²) < 4.78 is 30.3. The molecular formula is HF3N2. The molecule has 0 unspecified atom stereocenters. The highest BCUT2D eigenvalue weighted by atomic mass is 19.4. The van der Waals surface area contributed by atoms with Gasteiger partial charge in [0.2, 0.25) is 0 Å². The first-order valence-electron chi connectivity index (χ1n) is 0.751. The van der Waals surface area contributed by atoms with Crippen LogP contribution in [-0.4, -0.2) is 5.45 Å². The molecule has 0 aromatic heterocycles. The molecule has 0 atom stereocenters. The van der Waals surface area contributed by atoms with Gasteiger partial charge in [-0.1, -0.05) is 8.96 Å². The molecule has 5 heavy (non-hydrogen) atoms. The second-order valence-corrected chi connectivity index (χ2v) is 0.317. The lowest BCUT2D eigenvalue weighted by Gasteiger charge is -1.83. The Morgan fingerprint density at radius 2 is 1.60 bits per heavy atom. The topological polar surface area (TPSA) is 15.3 Å². The molecule has 0 radical (unpaired) electrons. The van der Waals surface area contributed by atoms with E-state index < -0.39 is 5.45 Å². The van der Waals surface area contributed by atoms with Crippen LogP contribution in [0.5, 0.6) is 0 Å². The monoisotopic (exact) mass is 86.0 g/mol. The zero-order valence-corrected chi connectivity index (χ0v) is 2.08. The third kappa shape index (κ3) is 3.71. The molecule has 0 aliphatic heterocycles. The van der Waals surface area contributed by atoms with Crippen molar-refractivity contribution in [2.24, 2.45) is 0 Å². The van der Waals surface area contributed by atoms with Gasteiger partial charge in [0, 0.05) is 0 Å². The van der Waals surface area contributed by atoms with Gasteiger partial charge < -0.3 is 0 Å². The van der Waals surface area contributed by atoms with E-state index >= 15 is 0 Å². The molecule has 0 saturated carbocycles. The van der Waals surface area contributed by atoms with Gasteiger partial charge in [-0.25, -0.2) is 0 Å². The number of halogens is 3. The van der Waals surface area contributed by atoms with Crippen LogP contribution in [0.15, 0.2) is 0 Å². The van der Waals surface area contributed by atoms with Gasteiger partial charge in [0.25, 0.3) is 0 Å². The van der Waals surface area contributed by atoms with Gasteiger partial charge in [-0.05, 0) is 5.65 Å². The number of hydrazine groups is 1. The van der Waals surface area contributed by atoms with E-state index in [1.54, 1.807) is 0 Å². The van der Waals surface area contributed by atoms with Crippen LogP contribution < -0.4 is 5.65 Å².